The van der Waals surface area contributed by atoms with Gasteiger partial charge in [-0.05, 0) is 57.5 Å². The first kappa shape index (κ1) is 18.0. The van der Waals surface area contributed by atoms with Crippen molar-refractivity contribution in [3.63, 3.8) is 0 Å². The number of piperidine rings is 1. The Morgan fingerprint density at radius 2 is 2.00 bits per heavy atom. The summed E-state index contributed by atoms with van der Waals surface area (Å²) in [5, 5.41) is 15.3. The molecule has 1 aromatic heterocycles. The molecule has 0 unspecified atom stereocenters. The van der Waals surface area contributed by atoms with Gasteiger partial charge >= 0.3 is 0 Å². The van der Waals surface area contributed by atoms with Crippen LogP contribution in [0.1, 0.15) is 26.7 Å². The number of nitrogens with zero attached hydrogens (tertiary/aromatic N) is 2. The molecule has 2 aromatic carbocycles. The van der Waals surface area contributed by atoms with Gasteiger partial charge in [-0.1, -0.05) is 18.2 Å². The number of hydrogen-bond acceptors (Lipinski definition) is 3. The number of fused-ring (bicyclic) bond motifs is 3. The van der Waals surface area contributed by atoms with Crippen LogP contribution in [0.15, 0.2) is 42.5 Å². The van der Waals surface area contributed by atoms with E-state index in [9.17, 15) is 9.90 Å². The van der Waals surface area contributed by atoms with E-state index in [1.807, 2.05) is 13.0 Å². The smallest absolute Gasteiger partial charge is 0.241 e. The Bertz CT molecular complexity index is 978. The molecule has 1 saturated heterocycles. The summed E-state index contributed by atoms with van der Waals surface area (Å²) in [5.74, 6) is -0.0253. The molecule has 1 amide bonds. The van der Waals surface area contributed by atoms with Crippen molar-refractivity contribution in [2.45, 2.75) is 45.4 Å². The normalized spacial score (nSPS) is 19.4. The predicted octanol–water partition coefficient (Wildman–Crippen LogP) is 3.60. The standard InChI is InChI=1S/C22H27N3O2/c1-3-25-20-9-5-4-8-18(20)19-13-16(10-11-21(19)25)23-22(27)15(2)24-12-6-7-17(26)14-24/h4-5,8-11,13,15,17,26H,3,6-7,12,14H2,1-2H3,(H,23,27)/t15-,17-/m1/s1. The molecule has 27 heavy (non-hydrogen) atoms. The molecule has 0 aliphatic carbocycles. The van der Waals surface area contributed by atoms with Gasteiger partial charge < -0.3 is 15.0 Å². The van der Waals surface area contributed by atoms with Crippen molar-refractivity contribution in [3.8, 4) is 0 Å². The van der Waals surface area contributed by atoms with Crippen LogP contribution in [0.4, 0.5) is 5.69 Å². The summed E-state index contributed by atoms with van der Waals surface area (Å²) in [4.78, 5) is 14.8. The number of carbonyl (C=O) groups excluding carboxylic acids is 1. The second-order valence-electron chi connectivity index (χ2n) is 7.45. The second kappa shape index (κ2) is 7.33. The Labute approximate surface area is 159 Å². The fourth-order valence-electron chi connectivity index (χ4n) is 4.22. The minimum absolute atomic E-state index is 0.0253. The quantitative estimate of drug-likeness (QED) is 0.743. The lowest BCUT2D eigenvalue weighted by Gasteiger charge is -2.33. The number of likely N-dealkylation sites (tertiary alicyclic amines) is 1. The van der Waals surface area contributed by atoms with Crippen molar-refractivity contribution in [1.29, 1.82) is 0 Å². The lowest BCUT2D eigenvalue weighted by Crippen LogP contribution is -2.48. The molecule has 2 N–H and O–H groups in total. The predicted molar refractivity (Wildman–Crippen MR) is 110 cm³/mol. The number of β-amino-alcohol motifs (C(OH)–C–C–N with tert-alkyl or cyclic N) is 1. The highest BCUT2D eigenvalue weighted by Crippen LogP contribution is 2.31. The number of nitrogens with one attached hydrogen (secondary N) is 1. The lowest BCUT2D eigenvalue weighted by atomic mass is 10.1. The number of para-hydroxylation sites is 1. The molecule has 1 aliphatic heterocycles. The van der Waals surface area contributed by atoms with Crippen molar-refractivity contribution in [3.05, 3.63) is 42.5 Å². The Kier molecular flexibility index (Phi) is 4.89. The molecule has 1 aliphatic rings. The van der Waals surface area contributed by atoms with Gasteiger partial charge in [0.2, 0.25) is 5.91 Å². The number of anilines is 1. The van der Waals surface area contributed by atoms with Gasteiger partial charge in [0.05, 0.1) is 12.1 Å². The first-order chi connectivity index (χ1) is 13.1. The zero-order chi connectivity index (χ0) is 19.0. The number of aromatic nitrogens is 1. The van der Waals surface area contributed by atoms with E-state index < -0.39 is 0 Å². The van der Waals surface area contributed by atoms with Gasteiger partial charge in [0, 0.05) is 40.6 Å². The molecule has 0 spiro atoms. The van der Waals surface area contributed by atoms with Gasteiger partial charge in [0.25, 0.3) is 0 Å². The first-order valence-corrected chi connectivity index (χ1v) is 9.82. The van der Waals surface area contributed by atoms with Gasteiger partial charge in [-0.15, -0.1) is 0 Å². The third-order valence-corrected chi connectivity index (χ3v) is 5.71. The average Bonchev–Trinajstić information content (AvgIpc) is 3.00. The highest BCUT2D eigenvalue weighted by molar-refractivity contribution is 6.10. The molecule has 3 aromatic rings. The van der Waals surface area contributed by atoms with Gasteiger partial charge in [-0.2, -0.15) is 0 Å². The number of aliphatic hydroxyl groups is 1. The minimum atomic E-state index is -0.328. The van der Waals surface area contributed by atoms with Crippen LogP contribution in [0.25, 0.3) is 21.8 Å². The van der Waals surface area contributed by atoms with E-state index in [1.165, 1.54) is 16.4 Å². The zero-order valence-corrected chi connectivity index (χ0v) is 16.0. The van der Waals surface area contributed by atoms with Crippen LogP contribution in [0, 0.1) is 0 Å². The highest BCUT2D eigenvalue weighted by atomic mass is 16.3. The van der Waals surface area contributed by atoms with Crippen molar-refractivity contribution in [2.75, 3.05) is 18.4 Å². The molecule has 5 nitrogen and oxygen atoms in total. The van der Waals surface area contributed by atoms with Crippen LogP contribution in [-0.4, -0.2) is 45.7 Å². The van der Waals surface area contributed by atoms with Crippen LogP contribution >= 0.6 is 0 Å². The van der Waals surface area contributed by atoms with Crippen molar-refractivity contribution in [1.82, 2.24) is 9.47 Å². The monoisotopic (exact) mass is 365 g/mol. The first-order valence-electron chi connectivity index (χ1n) is 9.82. The molecule has 2 heterocycles. The summed E-state index contributed by atoms with van der Waals surface area (Å²) in [6.07, 6.45) is 1.43. The summed E-state index contributed by atoms with van der Waals surface area (Å²) in [7, 11) is 0. The van der Waals surface area contributed by atoms with Gasteiger partial charge in [-0.25, -0.2) is 0 Å². The number of hydrogen-bond donors (Lipinski definition) is 2. The lowest BCUT2D eigenvalue weighted by molar-refractivity contribution is -0.121. The summed E-state index contributed by atoms with van der Waals surface area (Å²) in [6, 6.07) is 14.3. The Hall–Kier alpha value is -2.37. The van der Waals surface area contributed by atoms with E-state index in [-0.39, 0.29) is 18.1 Å². The molecule has 1 fully saturated rings. The third kappa shape index (κ3) is 3.33. The van der Waals surface area contributed by atoms with E-state index in [2.05, 4.69) is 58.1 Å². The summed E-state index contributed by atoms with van der Waals surface area (Å²) >= 11 is 0. The van der Waals surface area contributed by atoms with Crippen LogP contribution in [0.5, 0.6) is 0 Å². The fourth-order valence-corrected chi connectivity index (χ4v) is 4.22. The van der Waals surface area contributed by atoms with Crippen molar-refractivity contribution >= 4 is 33.4 Å². The van der Waals surface area contributed by atoms with Gasteiger partial charge in [0.1, 0.15) is 0 Å². The number of benzene rings is 2. The SMILES string of the molecule is CCn1c2ccccc2c2cc(NC(=O)[C@@H](C)N3CCC[C@@H](O)C3)ccc21. The maximum Gasteiger partial charge on any atom is 0.241 e. The van der Waals surface area contributed by atoms with Crippen molar-refractivity contribution < 1.29 is 9.90 Å². The van der Waals surface area contributed by atoms with Crippen molar-refractivity contribution in [2.24, 2.45) is 0 Å². The highest BCUT2D eigenvalue weighted by Gasteiger charge is 2.26. The topological polar surface area (TPSA) is 57.5 Å². The maximum absolute atomic E-state index is 12.7. The van der Waals surface area contributed by atoms with E-state index in [1.54, 1.807) is 0 Å². The molecule has 142 valence electrons. The fraction of sp³-hybridized carbons (Fsp3) is 0.409. The molecule has 0 radical (unpaired) electrons. The second-order valence-corrected chi connectivity index (χ2v) is 7.45. The molecule has 2 atom stereocenters. The Morgan fingerprint density at radius 1 is 1.22 bits per heavy atom. The summed E-state index contributed by atoms with van der Waals surface area (Å²) in [5.41, 5.74) is 3.22. The summed E-state index contributed by atoms with van der Waals surface area (Å²) < 4.78 is 2.30. The Balaban J connectivity index is 1.61. The molecule has 5 heteroatoms. The average molecular weight is 365 g/mol. The Morgan fingerprint density at radius 3 is 2.78 bits per heavy atom. The van der Waals surface area contributed by atoms with E-state index >= 15 is 0 Å². The molecule has 0 saturated carbocycles. The molecule has 4 rings (SSSR count). The third-order valence-electron chi connectivity index (χ3n) is 5.71. The van der Waals surface area contributed by atoms with Crippen LogP contribution in [0.3, 0.4) is 0 Å². The zero-order valence-electron chi connectivity index (χ0n) is 16.0. The molecular formula is C22H27N3O2. The van der Waals surface area contributed by atoms with Crippen LogP contribution in [-0.2, 0) is 11.3 Å². The van der Waals surface area contributed by atoms with Gasteiger partial charge in [0.15, 0.2) is 0 Å². The number of aryl methyl sites for hydroxylation is 1. The molecular weight excluding hydrogens is 338 g/mol. The largest absolute Gasteiger partial charge is 0.392 e. The van der Waals surface area contributed by atoms with E-state index in [4.69, 9.17) is 0 Å². The number of carbonyl (C=O) groups is 1. The van der Waals surface area contributed by atoms with E-state index in [0.29, 0.717) is 6.54 Å². The molecule has 0 bridgehead atoms. The maximum atomic E-state index is 12.7. The number of aliphatic hydroxyl groups excluding tert-OH is 1. The summed E-state index contributed by atoms with van der Waals surface area (Å²) in [6.45, 7) is 6.39. The van der Waals surface area contributed by atoms with Crippen LogP contribution in [0.2, 0.25) is 0 Å². The van der Waals surface area contributed by atoms with Crippen LogP contribution < -0.4 is 5.32 Å². The number of rotatable bonds is 4. The van der Waals surface area contributed by atoms with E-state index in [0.717, 1.165) is 37.0 Å². The number of amides is 1. The minimum Gasteiger partial charge on any atom is -0.392 e. The van der Waals surface area contributed by atoms with Gasteiger partial charge in [-0.3, -0.25) is 9.69 Å².